The Balaban J connectivity index is 1.90. The fourth-order valence-electron chi connectivity index (χ4n) is 3.42. The van der Waals surface area contributed by atoms with Gasteiger partial charge in [-0.15, -0.1) is 0 Å². The van der Waals surface area contributed by atoms with Gasteiger partial charge in [-0.05, 0) is 43.9 Å². The van der Waals surface area contributed by atoms with E-state index in [0.29, 0.717) is 31.1 Å². The van der Waals surface area contributed by atoms with E-state index in [1.165, 1.54) is 0 Å². The summed E-state index contributed by atoms with van der Waals surface area (Å²) in [6, 6.07) is 7.42. The number of carbonyl (C=O) groups excluding carboxylic acids is 2. The van der Waals surface area contributed by atoms with Gasteiger partial charge in [-0.3, -0.25) is 9.59 Å². The minimum atomic E-state index is -0.117. The van der Waals surface area contributed by atoms with Crippen LogP contribution in [0.2, 0.25) is 0 Å². The van der Waals surface area contributed by atoms with E-state index in [1.807, 2.05) is 26.0 Å². The zero-order valence-electron chi connectivity index (χ0n) is 19.2. The van der Waals surface area contributed by atoms with Gasteiger partial charge in [-0.2, -0.15) is 0 Å². The summed E-state index contributed by atoms with van der Waals surface area (Å²) in [5, 5.41) is 9.37. The number of aliphatic imine (C=N–C) groups is 1. The predicted molar refractivity (Wildman–Crippen MR) is 123 cm³/mol. The topological polar surface area (TPSA) is 95.1 Å². The fourth-order valence-corrected chi connectivity index (χ4v) is 3.42. The molecule has 1 aromatic rings. The van der Waals surface area contributed by atoms with Gasteiger partial charge in [0, 0.05) is 38.3 Å². The average molecular weight is 432 g/mol. The van der Waals surface area contributed by atoms with Gasteiger partial charge >= 0.3 is 0 Å². The molecule has 8 nitrogen and oxygen atoms in total. The van der Waals surface area contributed by atoms with E-state index in [4.69, 9.17) is 4.74 Å². The van der Waals surface area contributed by atoms with E-state index in [1.54, 1.807) is 17.0 Å². The van der Waals surface area contributed by atoms with E-state index >= 15 is 0 Å². The lowest BCUT2D eigenvalue weighted by atomic mass is 10.0. The number of amides is 2. The SMILES string of the molecule is CCNC(=NCc1ccc(C(=O)N2CCNC(=O)C2)cc1)NCCC(OCC)C(C)C. The third-order valence-corrected chi connectivity index (χ3v) is 5.14. The van der Waals surface area contributed by atoms with E-state index in [2.05, 4.69) is 34.8 Å². The molecule has 0 radical (unpaired) electrons. The first-order valence-electron chi connectivity index (χ1n) is 11.2. The monoisotopic (exact) mass is 431 g/mol. The van der Waals surface area contributed by atoms with Gasteiger partial charge in [0.05, 0.1) is 19.2 Å². The highest BCUT2D eigenvalue weighted by atomic mass is 16.5. The molecule has 8 heteroatoms. The van der Waals surface area contributed by atoms with Crippen LogP contribution < -0.4 is 16.0 Å². The third kappa shape index (κ3) is 8.20. The smallest absolute Gasteiger partial charge is 0.254 e. The molecular weight excluding hydrogens is 394 g/mol. The van der Waals surface area contributed by atoms with Crippen LogP contribution in [0, 0.1) is 5.92 Å². The third-order valence-electron chi connectivity index (χ3n) is 5.14. The molecule has 1 unspecified atom stereocenters. The second-order valence-corrected chi connectivity index (χ2v) is 7.92. The van der Waals surface area contributed by atoms with Crippen LogP contribution in [0.15, 0.2) is 29.3 Å². The van der Waals surface area contributed by atoms with Crippen molar-refractivity contribution in [1.29, 1.82) is 0 Å². The molecule has 2 rings (SSSR count). The second kappa shape index (κ2) is 12.9. The van der Waals surface area contributed by atoms with Crippen molar-refractivity contribution in [2.45, 2.75) is 46.8 Å². The molecule has 0 saturated carbocycles. The number of ether oxygens (including phenoxy) is 1. The van der Waals surface area contributed by atoms with E-state index in [-0.39, 0.29) is 24.5 Å². The summed E-state index contributed by atoms with van der Waals surface area (Å²) in [5.41, 5.74) is 1.60. The summed E-state index contributed by atoms with van der Waals surface area (Å²) >= 11 is 0. The van der Waals surface area contributed by atoms with Gasteiger partial charge in [0.25, 0.3) is 5.91 Å². The molecule has 31 heavy (non-hydrogen) atoms. The Bertz CT molecular complexity index is 733. The second-order valence-electron chi connectivity index (χ2n) is 7.92. The van der Waals surface area contributed by atoms with Crippen LogP contribution in [0.3, 0.4) is 0 Å². The van der Waals surface area contributed by atoms with E-state index < -0.39 is 0 Å². The number of rotatable bonds is 10. The lowest BCUT2D eigenvalue weighted by Gasteiger charge is -2.26. The van der Waals surface area contributed by atoms with Crippen molar-refractivity contribution in [3.05, 3.63) is 35.4 Å². The normalized spacial score (nSPS) is 15.6. The van der Waals surface area contributed by atoms with Gasteiger partial charge in [-0.1, -0.05) is 26.0 Å². The van der Waals surface area contributed by atoms with Gasteiger partial charge in [0.2, 0.25) is 5.91 Å². The lowest BCUT2D eigenvalue weighted by molar-refractivity contribution is -0.123. The first-order chi connectivity index (χ1) is 14.9. The van der Waals surface area contributed by atoms with Crippen LogP contribution in [0.1, 0.15) is 50.0 Å². The van der Waals surface area contributed by atoms with Crippen molar-refractivity contribution >= 4 is 17.8 Å². The Hall–Kier alpha value is -2.61. The maximum atomic E-state index is 12.6. The quantitative estimate of drug-likeness (QED) is 0.388. The number of benzene rings is 1. The first kappa shape index (κ1) is 24.7. The van der Waals surface area contributed by atoms with Crippen molar-refractivity contribution in [1.82, 2.24) is 20.9 Å². The van der Waals surface area contributed by atoms with Crippen LogP contribution in [0.4, 0.5) is 0 Å². The molecule has 172 valence electrons. The Kier molecular flexibility index (Phi) is 10.3. The van der Waals surface area contributed by atoms with Crippen molar-refractivity contribution in [3.63, 3.8) is 0 Å². The summed E-state index contributed by atoms with van der Waals surface area (Å²) in [7, 11) is 0. The molecule has 0 aromatic heterocycles. The van der Waals surface area contributed by atoms with Crippen LogP contribution in [0.25, 0.3) is 0 Å². The predicted octanol–water partition coefficient (Wildman–Crippen LogP) is 1.76. The summed E-state index contributed by atoms with van der Waals surface area (Å²) < 4.78 is 5.80. The molecule has 1 aromatic carbocycles. The highest BCUT2D eigenvalue weighted by Crippen LogP contribution is 2.11. The Morgan fingerprint density at radius 3 is 2.58 bits per heavy atom. The molecule has 1 saturated heterocycles. The molecule has 0 spiro atoms. The number of nitrogens with zero attached hydrogens (tertiary/aromatic N) is 2. The molecule has 1 aliphatic heterocycles. The minimum absolute atomic E-state index is 0.115. The number of hydrogen-bond acceptors (Lipinski definition) is 4. The van der Waals surface area contributed by atoms with E-state index in [9.17, 15) is 9.59 Å². The van der Waals surface area contributed by atoms with Gasteiger partial charge in [-0.25, -0.2) is 4.99 Å². The first-order valence-corrected chi connectivity index (χ1v) is 11.2. The molecule has 2 amide bonds. The highest BCUT2D eigenvalue weighted by Gasteiger charge is 2.22. The van der Waals surface area contributed by atoms with Gasteiger partial charge < -0.3 is 25.6 Å². The van der Waals surface area contributed by atoms with Crippen LogP contribution in [0.5, 0.6) is 0 Å². The van der Waals surface area contributed by atoms with Crippen LogP contribution >= 0.6 is 0 Å². The largest absolute Gasteiger partial charge is 0.378 e. The molecule has 3 N–H and O–H groups in total. The molecule has 1 atom stereocenters. The summed E-state index contributed by atoms with van der Waals surface area (Å²) in [6.07, 6.45) is 1.15. The number of nitrogens with one attached hydrogen (secondary N) is 3. The van der Waals surface area contributed by atoms with Gasteiger partial charge in [0.15, 0.2) is 5.96 Å². The van der Waals surface area contributed by atoms with Crippen molar-refractivity contribution in [2.75, 3.05) is 39.3 Å². The zero-order valence-corrected chi connectivity index (χ0v) is 19.2. The summed E-state index contributed by atoms with van der Waals surface area (Å²) in [4.78, 5) is 30.3. The Morgan fingerprint density at radius 2 is 1.97 bits per heavy atom. The Morgan fingerprint density at radius 1 is 1.23 bits per heavy atom. The number of piperazine rings is 1. The van der Waals surface area contributed by atoms with Crippen LogP contribution in [-0.2, 0) is 16.1 Å². The van der Waals surface area contributed by atoms with Crippen molar-refractivity contribution in [2.24, 2.45) is 10.9 Å². The zero-order chi connectivity index (χ0) is 22.6. The Labute approximate surface area is 185 Å². The number of hydrogen-bond donors (Lipinski definition) is 3. The fraction of sp³-hybridized carbons (Fsp3) is 0.609. The molecular formula is C23H37N5O3. The van der Waals surface area contributed by atoms with Crippen molar-refractivity contribution in [3.8, 4) is 0 Å². The summed E-state index contributed by atoms with van der Waals surface area (Å²) in [5.74, 6) is 1.01. The maximum Gasteiger partial charge on any atom is 0.254 e. The highest BCUT2D eigenvalue weighted by molar-refractivity contribution is 5.97. The summed E-state index contributed by atoms with van der Waals surface area (Å²) in [6.45, 7) is 12.4. The standard InChI is InChI=1S/C23H37N5O3/c1-5-24-23(26-12-11-20(17(3)4)31-6-2)27-15-18-7-9-19(10-8-18)22(30)28-14-13-25-21(29)16-28/h7-10,17,20H,5-6,11-16H2,1-4H3,(H,25,29)(H2,24,26,27). The average Bonchev–Trinajstić information content (AvgIpc) is 2.76. The van der Waals surface area contributed by atoms with Crippen molar-refractivity contribution < 1.29 is 14.3 Å². The minimum Gasteiger partial charge on any atom is -0.378 e. The number of guanidine groups is 1. The van der Waals surface area contributed by atoms with Gasteiger partial charge in [0.1, 0.15) is 0 Å². The molecule has 1 heterocycles. The van der Waals surface area contributed by atoms with E-state index in [0.717, 1.165) is 37.6 Å². The van der Waals surface area contributed by atoms with Crippen LogP contribution in [-0.4, -0.2) is 68.1 Å². The lowest BCUT2D eigenvalue weighted by Crippen LogP contribution is -2.49. The molecule has 1 aliphatic rings. The maximum absolute atomic E-state index is 12.6. The molecule has 1 fully saturated rings. The molecule has 0 bridgehead atoms. The number of carbonyl (C=O) groups is 2. The molecule has 0 aliphatic carbocycles.